The van der Waals surface area contributed by atoms with Crippen molar-refractivity contribution in [2.75, 3.05) is 18.5 Å². The summed E-state index contributed by atoms with van der Waals surface area (Å²) in [6, 6.07) is 14.0. The minimum Gasteiger partial charge on any atom is -0.474 e. The minimum absolute atomic E-state index is 0.100. The number of fused-ring (bicyclic) bond motifs is 1. The summed E-state index contributed by atoms with van der Waals surface area (Å²) in [7, 11) is 3.79. The molecule has 0 saturated carbocycles. The maximum Gasteiger partial charge on any atom is 0.255 e. The number of imidazole rings is 1. The highest BCUT2D eigenvalue weighted by Crippen LogP contribution is 2.30. The van der Waals surface area contributed by atoms with E-state index in [1.807, 2.05) is 29.6 Å². The lowest BCUT2D eigenvalue weighted by molar-refractivity contribution is -0.125. The zero-order chi connectivity index (χ0) is 29.8. The molecule has 0 aliphatic carbocycles. The van der Waals surface area contributed by atoms with Crippen LogP contribution < -0.4 is 20.5 Å². The zero-order valence-corrected chi connectivity index (χ0v) is 23.9. The molecule has 0 unspecified atom stereocenters. The number of H-pyrrole nitrogens is 1. The molecule has 2 N–H and O–H groups in total. The topological polar surface area (TPSA) is 113 Å². The molecule has 2 aromatic heterocycles. The molecule has 2 aromatic carbocycles. The molecular weight excluding hydrogens is 563 g/mol. The fourth-order valence-corrected chi connectivity index (χ4v) is 5.23. The minimum atomic E-state index is -0.466. The van der Waals surface area contributed by atoms with Gasteiger partial charge in [-0.25, -0.2) is 9.37 Å². The number of carbonyl (C=O) groups is 2. The van der Waals surface area contributed by atoms with Crippen LogP contribution in [0, 0.1) is 5.82 Å². The molecule has 42 heavy (non-hydrogen) atoms. The van der Waals surface area contributed by atoms with E-state index >= 15 is 0 Å². The molecule has 0 saturated heterocycles. The van der Waals surface area contributed by atoms with E-state index in [2.05, 4.69) is 32.3 Å². The van der Waals surface area contributed by atoms with Crippen LogP contribution in [0.15, 0.2) is 59.5 Å². The number of nitrogens with zero attached hydrogens (tertiary/aromatic N) is 4. The van der Waals surface area contributed by atoms with Gasteiger partial charge in [0.2, 0.25) is 12.3 Å². The summed E-state index contributed by atoms with van der Waals surface area (Å²) in [5.74, 6) is 1.07. The smallest absolute Gasteiger partial charge is 0.255 e. The van der Waals surface area contributed by atoms with Gasteiger partial charge in [0.05, 0.1) is 11.2 Å². The van der Waals surface area contributed by atoms with Crippen LogP contribution in [-0.4, -0.2) is 45.3 Å². The van der Waals surface area contributed by atoms with Gasteiger partial charge in [-0.1, -0.05) is 29.8 Å². The van der Waals surface area contributed by atoms with Crippen LogP contribution in [0.3, 0.4) is 0 Å². The Morgan fingerprint density at radius 3 is 2.79 bits per heavy atom. The van der Waals surface area contributed by atoms with Crippen LogP contribution in [0.4, 0.5) is 10.2 Å². The third-order valence-corrected chi connectivity index (χ3v) is 7.65. The normalized spacial score (nSPS) is 12.7. The van der Waals surface area contributed by atoms with Crippen molar-refractivity contribution in [2.45, 2.75) is 32.7 Å². The van der Waals surface area contributed by atoms with Gasteiger partial charge < -0.3 is 14.2 Å². The standard InChI is InChI=1S/C30H30ClFN6O4/c1-36(11-10-26(40)34-18-39)28-13-33-29(37(28)2)19-6-7-20-14-38(16-22(20)12-19)15-21-8-9-27(35-30(21)41)42-17-23-24(31)4-3-5-25(23)32/h3-9,12-13,18H,10-11,14-17H2,1-2H3,(H,35,41)(H,34,39,40). The van der Waals surface area contributed by atoms with E-state index in [1.165, 1.54) is 17.7 Å². The quantitative estimate of drug-likeness (QED) is 0.255. The molecule has 4 aromatic rings. The number of hydrogen-bond donors (Lipinski definition) is 2. The molecule has 5 rings (SSSR count). The number of aromatic amines is 1. The number of imide groups is 1. The number of benzene rings is 2. The van der Waals surface area contributed by atoms with E-state index in [1.54, 1.807) is 24.4 Å². The third-order valence-electron chi connectivity index (χ3n) is 7.29. The first-order valence-corrected chi connectivity index (χ1v) is 13.7. The number of pyridine rings is 1. The van der Waals surface area contributed by atoms with Gasteiger partial charge in [-0.3, -0.25) is 29.6 Å². The van der Waals surface area contributed by atoms with Gasteiger partial charge in [-0.2, -0.15) is 0 Å². The van der Waals surface area contributed by atoms with E-state index < -0.39 is 5.82 Å². The average molecular weight is 593 g/mol. The van der Waals surface area contributed by atoms with E-state index in [4.69, 9.17) is 16.3 Å². The average Bonchev–Trinajstić information content (AvgIpc) is 3.55. The Kier molecular flexibility index (Phi) is 8.69. The molecule has 0 fully saturated rings. The van der Waals surface area contributed by atoms with Crippen molar-refractivity contribution in [3.8, 4) is 17.3 Å². The van der Waals surface area contributed by atoms with E-state index in [-0.39, 0.29) is 41.0 Å². The second kappa shape index (κ2) is 12.6. The third kappa shape index (κ3) is 6.37. The summed E-state index contributed by atoms with van der Waals surface area (Å²) in [6.45, 7) is 2.17. The molecule has 1 aliphatic rings. The van der Waals surface area contributed by atoms with Gasteiger partial charge >= 0.3 is 0 Å². The number of ether oxygens (including phenoxy) is 1. The number of rotatable bonds is 11. The number of halogens is 2. The van der Waals surface area contributed by atoms with Crippen LogP contribution in [0.5, 0.6) is 5.88 Å². The molecule has 1 aliphatic heterocycles. The Hall–Kier alpha value is -4.48. The summed E-state index contributed by atoms with van der Waals surface area (Å²) in [5.41, 5.74) is 3.87. The predicted octanol–water partition coefficient (Wildman–Crippen LogP) is 3.76. The van der Waals surface area contributed by atoms with Crippen LogP contribution in [0.1, 0.15) is 28.7 Å². The summed E-state index contributed by atoms with van der Waals surface area (Å²) >= 11 is 6.06. The number of amides is 2. The van der Waals surface area contributed by atoms with Crippen molar-refractivity contribution in [3.05, 3.63) is 98.2 Å². The molecule has 0 spiro atoms. The Balaban J connectivity index is 1.21. The Labute approximate surface area is 246 Å². The van der Waals surface area contributed by atoms with Gasteiger partial charge in [-0.15, -0.1) is 0 Å². The summed E-state index contributed by atoms with van der Waals surface area (Å²) < 4.78 is 21.6. The van der Waals surface area contributed by atoms with Crippen LogP contribution in [0.2, 0.25) is 5.02 Å². The first kappa shape index (κ1) is 29.0. The van der Waals surface area contributed by atoms with Gasteiger partial charge in [-0.05, 0) is 41.5 Å². The van der Waals surface area contributed by atoms with Gasteiger partial charge in [0.15, 0.2) is 5.88 Å². The highest BCUT2D eigenvalue weighted by molar-refractivity contribution is 6.31. The lowest BCUT2D eigenvalue weighted by Gasteiger charge is -2.19. The number of anilines is 1. The van der Waals surface area contributed by atoms with Crippen molar-refractivity contribution in [2.24, 2.45) is 7.05 Å². The molecule has 0 radical (unpaired) electrons. The zero-order valence-electron chi connectivity index (χ0n) is 23.2. The van der Waals surface area contributed by atoms with E-state index in [0.717, 1.165) is 22.8 Å². The number of nitrogens with one attached hydrogen (secondary N) is 2. The molecule has 3 heterocycles. The lowest BCUT2D eigenvalue weighted by Crippen LogP contribution is -2.28. The van der Waals surface area contributed by atoms with Crippen molar-refractivity contribution < 1.29 is 18.7 Å². The summed E-state index contributed by atoms with van der Waals surface area (Å²) in [6.07, 6.45) is 2.33. The van der Waals surface area contributed by atoms with Crippen molar-refractivity contribution in [1.29, 1.82) is 0 Å². The van der Waals surface area contributed by atoms with Crippen molar-refractivity contribution in [1.82, 2.24) is 24.8 Å². The molecule has 218 valence electrons. The summed E-state index contributed by atoms with van der Waals surface area (Å²) in [4.78, 5) is 46.3. The number of hydrogen-bond acceptors (Lipinski definition) is 7. The lowest BCUT2D eigenvalue weighted by atomic mass is 10.1. The molecule has 0 atom stereocenters. The predicted molar refractivity (Wildman–Crippen MR) is 156 cm³/mol. The fourth-order valence-electron chi connectivity index (χ4n) is 5.02. The number of aromatic nitrogens is 3. The molecule has 0 bridgehead atoms. The highest BCUT2D eigenvalue weighted by Gasteiger charge is 2.22. The van der Waals surface area contributed by atoms with Crippen LogP contribution in [0.25, 0.3) is 11.4 Å². The van der Waals surface area contributed by atoms with Crippen molar-refractivity contribution in [3.63, 3.8) is 0 Å². The van der Waals surface area contributed by atoms with E-state index in [0.29, 0.717) is 38.2 Å². The summed E-state index contributed by atoms with van der Waals surface area (Å²) in [5, 5.41) is 2.41. The molecule has 2 amide bonds. The molecule has 12 heteroatoms. The van der Waals surface area contributed by atoms with Gasteiger partial charge in [0, 0.05) is 63.4 Å². The van der Waals surface area contributed by atoms with Crippen LogP contribution >= 0.6 is 11.6 Å². The largest absolute Gasteiger partial charge is 0.474 e. The van der Waals surface area contributed by atoms with Gasteiger partial charge in [0.1, 0.15) is 24.1 Å². The second-order valence-corrected chi connectivity index (χ2v) is 10.6. The van der Waals surface area contributed by atoms with Crippen LogP contribution in [-0.2, 0) is 42.9 Å². The van der Waals surface area contributed by atoms with Crippen molar-refractivity contribution >= 4 is 29.7 Å². The Morgan fingerprint density at radius 1 is 1.21 bits per heavy atom. The SMILES string of the molecule is CN(CCC(=O)NC=O)c1cnc(-c2ccc3c(c2)CN(Cc2ccc(OCc4c(F)cccc4Cl)[nH]c2=O)C3)n1C. The Bertz CT molecular complexity index is 1670. The molecular formula is C30H30ClFN6O4. The van der Waals surface area contributed by atoms with E-state index in [9.17, 15) is 18.8 Å². The first-order chi connectivity index (χ1) is 20.2. The maximum atomic E-state index is 14.0. The first-order valence-electron chi connectivity index (χ1n) is 13.3. The number of carbonyl (C=O) groups excluding carboxylic acids is 2. The monoisotopic (exact) mass is 592 g/mol. The second-order valence-electron chi connectivity index (χ2n) is 10.2. The molecule has 10 nitrogen and oxygen atoms in total. The van der Waals surface area contributed by atoms with Gasteiger partial charge in [0.25, 0.3) is 5.56 Å². The Morgan fingerprint density at radius 2 is 2.02 bits per heavy atom. The fraction of sp³-hybridized carbons (Fsp3) is 0.267. The highest BCUT2D eigenvalue weighted by atomic mass is 35.5. The maximum absolute atomic E-state index is 14.0.